The van der Waals surface area contributed by atoms with E-state index in [1.165, 1.54) is 15.0 Å². The summed E-state index contributed by atoms with van der Waals surface area (Å²) in [4.78, 5) is 8.98. The molecule has 0 saturated carbocycles. The van der Waals surface area contributed by atoms with Crippen LogP contribution in [-0.4, -0.2) is 53.2 Å². The van der Waals surface area contributed by atoms with Crippen LogP contribution < -0.4 is 0 Å². The molecule has 0 radical (unpaired) electrons. The molecule has 0 N–H and O–H groups in total. The van der Waals surface area contributed by atoms with E-state index in [1.807, 2.05) is 37.3 Å². The first kappa shape index (κ1) is 26.1. The zero-order chi connectivity index (χ0) is 28.0. The number of rotatable bonds is 6. The van der Waals surface area contributed by atoms with Crippen LogP contribution in [0.4, 0.5) is 0 Å². The third kappa shape index (κ3) is 4.97. The Morgan fingerprint density at radius 3 is 2.29 bits per heavy atom. The molecule has 3 aromatic heterocycles. The molecule has 0 atom stereocenters. The van der Waals surface area contributed by atoms with Crippen LogP contribution >= 0.6 is 11.3 Å². The number of sulfonamides is 1. The second-order valence-electron chi connectivity index (χ2n) is 10.6. The summed E-state index contributed by atoms with van der Waals surface area (Å²) in [5.74, 6) is 0. The number of nitrogens with zero attached hydrogens (tertiary/aromatic N) is 4. The summed E-state index contributed by atoms with van der Waals surface area (Å²) in [5.41, 5.74) is 6.27. The van der Waals surface area contributed by atoms with E-state index >= 15 is 0 Å². The molecule has 0 bridgehead atoms. The first-order valence-electron chi connectivity index (χ1n) is 13.8. The minimum absolute atomic E-state index is 0.360. The van der Waals surface area contributed by atoms with Crippen molar-refractivity contribution >= 4 is 37.1 Å². The number of imidazole rings is 1. The fourth-order valence-corrected chi connectivity index (χ4v) is 8.02. The molecule has 0 aliphatic carbocycles. The van der Waals surface area contributed by atoms with Gasteiger partial charge < -0.3 is 4.40 Å². The fraction of sp³-hybridized carbons (Fsp3) is 0.182. The van der Waals surface area contributed by atoms with Crippen molar-refractivity contribution in [1.29, 1.82) is 0 Å². The third-order valence-electron chi connectivity index (χ3n) is 7.84. The SMILES string of the molecule is Cc1ccc(S(=O)(=O)N2CCN(Cc3c(-c4ccccc4)nc4ccc(-c5cc6ccccc6s5)cn34)CC2)cc1. The van der Waals surface area contributed by atoms with E-state index in [0.717, 1.165) is 33.7 Å². The Bertz CT molecular complexity index is 1920. The lowest BCUT2D eigenvalue weighted by Gasteiger charge is -2.34. The van der Waals surface area contributed by atoms with E-state index in [1.54, 1.807) is 27.8 Å². The Labute approximate surface area is 244 Å². The van der Waals surface area contributed by atoms with Gasteiger partial charge in [-0.15, -0.1) is 11.3 Å². The minimum atomic E-state index is -3.51. The quantitative estimate of drug-likeness (QED) is 0.221. The molecular weight excluding hydrogens is 549 g/mol. The van der Waals surface area contributed by atoms with Crippen LogP contribution in [0.5, 0.6) is 0 Å². The molecule has 8 heteroatoms. The van der Waals surface area contributed by atoms with Crippen LogP contribution in [0.3, 0.4) is 0 Å². The normalized spacial score (nSPS) is 15.1. The lowest BCUT2D eigenvalue weighted by atomic mass is 10.1. The largest absolute Gasteiger partial charge is 0.301 e. The van der Waals surface area contributed by atoms with Gasteiger partial charge in [-0.1, -0.05) is 66.2 Å². The van der Waals surface area contributed by atoms with Crippen molar-refractivity contribution < 1.29 is 8.42 Å². The van der Waals surface area contributed by atoms with Gasteiger partial charge in [0, 0.05) is 59.6 Å². The van der Waals surface area contributed by atoms with E-state index < -0.39 is 10.0 Å². The molecule has 4 heterocycles. The first-order chi connectivity index (χ1) is 20.0. The van der Waals surface area contributed by atoms with Crippen LogP contribution in [0.15, 0.2) is 108 Å². The third-order valence-corrected chi connectivity index (χ3v) is 10.9. The zero-order valence-electron chi connectivity index (χ0n) is 22.8. The minimum Gasteiger partial charge on any atom is -0.301 e. The maximum Gasteiger partial charge on any atom is 0.243 e. The van der Waals surface area contributed by atoms with Crippen molar-refractivity contribution in [2.24, 2.45) is 0 Å². The maximum absolute atomic E-state index is 13.3. The molecule has 206 valence electrons. The number of aryl methyl sites for hydroxylation is 1. The highest BCUT2D eigenvalue weighted by Crippen LogP contribution is 2.35. The second-order valence-corrected chi connectivity index (χ2v) is 13.6. The van der Waals surface area contributed by atoms with E-state index in [0.29, 0.717) is 37.6 Å². The number of piperazine rings is 1. The zero-order valence-corrected chi connectivity index (χ0v) is 24.4. The van der Waals surface area contributed by atoms with Crippen LogP contribution in [0, 0.1) is 6.92 Å². The number of thiophene rings is 1. The van der Waals surface area contributed by atoms with Crippen molar-refractivity contribution in [2.75, 3.05) is 26.2 Å². The second kappa shape index (κ2) is 10.5. The summed E-state index contributed by atoms with van der Waals surface area (Å²) in [7, 11) is -3.51. The number of benzene rings is 3. The van der Waals surface area contributed by atoms with Crippen molar-refractivity contribution in [3.05, 3.63) is 115 Å². The average molecular weight is 579 g/mol. The number of hydrogen-bond donors (Lipinski definition) is 0. The summed E-state index contributed by atoms with van der Waals surface area (Å²) in [6.07, 6.45) is 2.20. The topological polar surface area (TPSA) is 57.9 Å². The number of hydrogen-bond acceptors (Lipinski definition) is 5. The van der Waals surface area contributed by atoms with Gasteiger partial charge in [-0.2, -0.15) is 4.31 Å². The monoisotopic (exact) mass is 578 g/mol. The molecule has 7 rings (SSSR count). The van der Waals surface area contributed by atoms with Crippen LogP contribution in [0.1, 0.15) is 11.3 Å². The van der Waals surface area contributed by atoms with E-state index in [4.69, 9.17) is 4.98 Å². The van der Waals surface area contributed by atoms with Crippen molar-refractivity contribution in [3.8, 4) is 21.7 Å². The van der Waals surface area contributed by atoms with Gasteiger partial charge in [-0.25, -0.2) is 13.4 Å². The molecule has 6 aromatic rings. The summed E-state index contributed by atoms with van der Waals surface area (Å²) < 4.78 is 31.6. The van der Waals surface area contributed by atoms with Crippen molar-refractivity contribution in [3.63, 3.8) is 0 Å². The molecule has 1 aliphatic heterocycles. The van der Waals surface area contributed by atoms with Crippen molar-refractivity contribution in [1.82, 2.24) is 18.6 Å². The highest BCUT2D eigenvalue weighted by molar-refractivity contribution is 7.89. The molecule has 1 fully saturated rings. The van der Waals surface area contributed by atoms with Gasteiger partial charge in [0.1, 0.15) is 5.65 Å². The van der Waals surface area contributed by atoms with E-state index in [2.05, 4.69) is 70.1 Å². The van der Waals surface area contributed by atoms with Gasteiger partial charge in [0.05, 0.1) is 16.3 Å². The molecule has 0 spiro atoms. The number of aromatic nitrogens is 2. The highest BCUT2D eigenvalue weighted by atomic mass is 32.2. The summed E-state index contributed by atoms with van der Waals surface area (Å²) in [6.45, 7) is 4.87. The van der Waals surface area contributed by atoms with Gasteiger partial charge in [0.2, 0.25) is 10.0 Å². The molecule has 0 amide bonds. The van der Waals surface area contributed by atoms with Gasteiger partial charge in [-0.3, -0.25) is 4.90 Å². The molecular formula is C33H30N4O2S2. The molecule has 3 aromatic carbocycles. The molecule has 6 nitrogen and oxygen atoms in total. The van der Waals surface area contributed by atoms with E-state index in [9.17, 15) is 8.42 Å². The number of fused-ring (bicyclic) bond motifs is 2. The van der Waals surface area contributed by atoms with Gasteiger partial charge in [-0.05, 0) is 48.7 Å². The Morgan fingerprint density at radius 2 is 1.54 bits per heavy atom. The standard InChI is InChI=1S/C33H30N4O2S2/c1-24-11-14-28(15-12-24)41(38,39)36-19-17-35(18-20-36)23-29-33(25-7-3-2-4-8-25)34-32-16-13-27(22-37(29)32)31-21-26-9-5-6-10-30(26)40-31/h2-16,21-22H,17-20,23H2,1H3. The Kier molecular flexibility index (Phi) is 6.71. The summed E-state index contributed by atoms with van der Waals surface area (Å²) >= 11 is 1.80. The molecule has 1 saturated heterocycles. The predicted octanol–water partition coefficient (Wildman–Crippen LogP) is 6.70. The average Bonchev–Trinajstić information content (AvgIpc) is 3.60. The molecule has 41 heavy (non-hydrogen) atoms. The molecule has 0 unspecified atom stereocenters. The van der Waals surface area contributed by atoms with Crippen molar-refractivity contribution in [2.45, 2.75) is 18.4 Å². The van der Waals surface area contributed by atoms with E-state index in [-0.39, 0.29) is 0 Å². The first-order valence-corrected chi connectivity index (χ1v) is 16.1. The van der Waals surface area contributed by atoms with Crippen LogP contribution in [0.25, 0.3) is 37.4 Å². The van der Waals surface area contributed by atoms with Gasteiger partial charge in [0.25, 0.3) is 0 Å². The van der Waals surface area contributed by atoms with Gasteiger partial charge in [0.15, 0.2) is 0 Å². The summed E-state index contributed by atoms with van der Waals surface area (Å²) in [5, 5.41) is 1.25. The highest BCUT2D eigenvalue weighted by Gasteiger charge is 2.29. The lowest BCUT2D eigenvalue weighted by Crippen LogP contribution is -2.48. The Balaban J connectivity index is 1.20. The fourth-order valence-electron chi connectivity index (χ4n) is 5.54. The smallest absolute Gasteiger partial charge is 0.243 e. The summed E-state index contributed by atoms with van der Waals surface area (Å²) in [6, 6.07) is 32.4. The predicted molar refractivity (Wildman–Crippen MR) is 167 cm³/mol. The number of pyridine rings is 1. The lowest BCUT2D eigenvalue weighted by molar-refractivity contribution is 0.180. The van der Waals surface area contributed by atoms with Crippen LogP contribution in [0.2, 0.25) is 0 Å². The molecule has 1 aliphatic rings. The maximum atomic E-state index is 13.3. The Hall–Kier alpha value is -3.82. The van der Waals surface area contributed by atoms with Crippen LogP contribution in [-0.2, 0) is 16.6 Å². The van der Waals surface area contributed by atoms with Gasteiger partial charge >= 0.3 is 0 Å². The Morgan fingerprint density at radius 1 is 0.805 bits per heavy atom.